The summed E-state index contributed by atoms with van der Waals surface area (Å²) in [6.07, 6.45) is 0.701. The summed E-state index contributed by atoms with van der Waals surface area (Å²) >= 11 is 0. The molecular formula is C16H16O4. The normalized spacial score (nSPS) is 9.90. The van der Waals surface area contributed by atoms with Gasteiger partial charge in [0.25, 0.3) is 0 Å². The van der Waals surface area contributed by atoms with Gasteiger partial charge in [-0.25, -0.2) is 0 Å². The van der Waals surface area contributed by atoms with Crippen LogP contribution in [0.25, 0.3) is 0 Å². The summed E-state index contributed by atoms with van der Waals surface area (Å²) in [5.41, 5.74) is 1.39. The van der Waals surface area contributed by atoms with Gasteiger partial charge in [0.1, 0.15) is 17.9 Å². The summed E-state index contributed by atoms with van der Waals surface area (Å²) in [6.45, 7) is 0.405. The Morgan fingerprint density at radius 1 is 0.950 bits per heavy atom. The van der Waals surface area contributed by atoms with E-state index in [-0.39, 0.29) is 0 Å². The molecule has 2 aromatic rings. The molecule has 0 saturated heterocycles. The summed E-state index contributed by atoms with van der Waals surface area (Å²) < 4.78 is 16.1. The zero-order chi connectivity index (χ0) is 14.4. The summed E-state index contributed by atoms with van der Waals surface area (Å²) in [5.74, 6) is 1.36. The van der Waals surface area contributed by atoms with Gasteiger partial charge in [-0.3, -0.25) is 4.79 Å². The van der Waals surface area contributed by atoms with E-state index in [1.54, 1.807) is 12.1 Å². The smallest absolute Gasteiger partial charge is 0.175 e. The molecule has 0 aromatic heterocycles. The lowest BCUT2D eigenvalue weighted by molar-refractivity contribution is 0.111. The van der Waals surface area contributed by atoms with Gasteiger partial charge in [-0.15, -0.1) is 0 Å². The van der Waals surface area contributed by atoms with Crippen LogP contribution in [0.5, 0.6) is 17.2 Å². The molecule has 0 unspecified atom stereocenters. The van der Waals surface area contributed by atoms with Crippen molar-refractivity contribution in [1.82, 2.24) is 0 Å². The topological polar surface area (TPSA) is 44.8 Å². The van der Waals surface area contributed by atoms with Crippen LogP contribution in [0.2, 0.25) is 0 Å². The van der Waals surface area contributed by atoms with Crippen LogP contribution in [-0.4, -0.2) is 20.5 Å². The van der Waals surface area contributed by atoms with E-state index >= 15 is 0 Å². The third kappa shape index (κ3) is 2.91. The van der Waals surface area contributed by atoms with Crippen LogP contribution in [0, 0.1) is 0 Å². The van der Waals surface area contributed by atoms with Gasteiger partial charge in [-0.05, 0) is 17.7 Å². The Labute approximate surface area is 117 Å². The summed E-state index contributed by atoms with van der Waals surface area (Å²) in [7, 11) is 3.00. The largest absolute Gasteiger partial charge is 0.496 e. The Balaban J connectivity index is 2.25. The molecule has 0 spiro atoms. The fraction of sp³-hybridized carbons (Fsp3) is 0.188. The van der Waals surface area contributed by atoms with Crippen molar-refractivity contribution in [3.05, 3.63) is 53.6 Å². The average molecular weight is 272 g/mol. The van der Waals surface area contributed by atoms with E-state index in [1.165, 1.54) is 14.2 Å². The molecule has 0 aliphatic carbocycles. The molecule has 0 radical (unpaired) electrons. The molecule has 4 heteroatoms. The van der Waals surface area contributed by atoms with Gasteiger partial charge in [-0.2, -0.15) is 0 Å². The molecule has 20 heavy (non-hydrogen) atoms. The van der Waals surface area contributed by atoms with Gasteiger partial charge in [0.05, 0.1) is 14.2 Å². The van der Waals surface area contributed by atoms with E-state index in [9.17, 15) is 4.79 Å². The number of carbonyl (C=O) groups excluding carboxylic acids is 1. The highest BCUT2D eigenvalue weighted by Crippen LogP contribution is 2.36. The van der Waals surface area contributed by atoms with Gasteiger partial charge >= 0.3 is 0 Å². The first-order valence-corrected chi connectivity index (χ1v) is 6.17. The molecule has 0 amide bonds. The molecule has 0 atom stereocenters. The van der Waals surface area contributed by atoms with E-state index < -0.39 is 0 Å². The minimum Gasteiger partial charge on any atom is -0.496 e. The third-order valence-corrected chi connectivity index (χ3v) is 2.90. The molecule has 0 aliphatic heterocycles. The first kappa shape index (κ1) is 13.9. The minimum absolute atomic E-state index is 0.348. The van der Waals surface area contributed by atoms with Crippen molar-refractivity contribution in [3.63, 3.8) is 0 Å². The molecule has 2 aromatic carbocycles. The predicted octanol–water partition coefficient (Wildman–Crippen LogP) is 3.10. The van der Waals surface area contributed by atoms with Crippen LogP contribution in [0.4, 0.5) is 0 Å². The quantitative estimate of drug-likeness (QED) is 0.758. The van der Waals surface area contributed by atoms with Crippen molar-refractivity contribution in [2.75, 3.05) is 14.2 Å². The lowest BCUT2D eigenvalue weighted by Gasteiger charge is -2.14. The monoisotopic (exact) mass is 272 g/mol. The highest BCUT2D eigenvalue weighted by atomic mass is 16.5. The van der Waals surface area contributed by atoms with Crippen LogP contribution in [0.1, 0.15) is 15.9 Å². The Morgan fingerprint density at radius 2 is 1.65 bits per heavy atom. The van der Waals surface area contributed by atoms with Crippen LogP contribution in [0.15, 0.2) is 42.5 Å². The summed E-state index contributed by atoms with van der Waals surface area (Å²) in [4.78, 5) is 11.2. The molecule has 0 aliphatic rings. The number of benzene rings is 2. The molecule has 0 saturated carbocycles. The number of aldehydes is 1. The number of carbonyl (C=O) groups is 1. The zero-order valence-corrected chi connectivity index (χ0v) is 11.5. The van der Waals surface area contributed by atoms with E-state index in [0.29, 0.717) is 35.7 Å². The average Bonchev–Trinajstić information content (AvgIpc) is 2.52. The summed E-state index contributed by atoms with van der Waals surface area (Å²) in [6, 6.07) is 13.2. The molecule has 0 N–H and O–H groups in total. The number of hydrogen-bond acceptors (Lipinski definition) is 4. The van der Waals surface area contributed by atoms with Crippen LogP contribution >= 0.6 is 0 Å². The number of rotatable bonds is 6. The molecular weight excluding hydrogens is 256 g/mol. The van der Waals surface area contributed by atoms with E-state index in [0.717, 1.165) is 5.56 Å². The van der Waals surface area contributed by atoms with E-state index in [1.807, 2.05) is 30.3 Å². The number of ether oxygens (including phenoxy) is 3. The molecule has 0 fully saturated rings. The van der Waals surface area contributed by atoms with Gasteiger partial charge in [0.15, 0.2) is 17.8 Å². The fourth-order valence-corrected chi connectivity index (χ4v) is 1.91. The van der Waals surface area contributed by atoms with Gasteiger partial charge in [0.2, 0.25) is 0 Å². The van der Waals surface area contributed by atoms with E-state index in [2.05, 4.69) is 0 Å². The SMILES string of the molecule is COc1ccc(OCc2ccccc2)c(OC)c1C=O. The molecule has 4 nitrogen and oxygen atoms in total. The maximum Gasteiger partial charge on any atom is 0.175 e. The van der Waals surface area contributed by atoms with Crippen molar-refractivity contribution in [2.24, 2.45) is 0 Å². The Morgan fingerprint density at radius 3 is 2.25 bits per heavy atom. The highest BCUT2D eigenvalue weighted by molar-refractivity contribution is 5.85. The second kappa shape index (κ2) is 6.61. The second-order valence-corrected chi connectivity index (χ2v) is 4.11. The van der Waals surface area contributed by atoms with Crippen molar-refractivity contribution in [3.8, 4) is 17.2 Å². The van der Waals surface area contributed by atoms with Crippen molar-refractivity contribution in [1.29, 1.82) is 0 Å². The zero-order valence-electron chi connectivity index (χ0n) is 11.5. The van der Waals surface area contributed by atoms with Gasteiger partial charge < -0.3 is 14.2 Å². The first-order valence-electron chi connectivity index (χ1n) is 6.17. The number of hydrogen-bond donors (Lipinski definition) is 0. The Kier molecular flexibility index (Phi) is 4.60. The lowest BCUT2D eigenvalue weighted by Crippen LogP contribution is -2.01. The standard InChI is InChI=1S/C16H16O4/c1-18-14-8-9-15(16(19-2)13(14)10-17)20-11-12-6-4-3-5-7-12/h3-10H,11H2,1-2H3. The maximum absolute atomic E-state index is 11.2. The van der Waals surface area contributed by atoms with Crippen LogP contribution < -0.4 is 14.2 Å². The maximum atomic E-state index is 11.2. The second-order valence-electron chi connectivity index (χ2n) is 4.11. The predicted molar refractivity (Wildman–Crippen MR) is 75.7 cm³/mol. The molecule has 0 bridgehead atoms. The number of methoxy groups -OCH3 is 2. The minimum atomic E-state index is 0.348. The van der Waals surface area contributed by atoms with E-state index in [4.69, 9.17) is 14.2 Å². The van der Waals surface area contributed by atoms with Gasteiger partial charge in [0, 0.05) is 0 Å². The van der Waals surface area contributed by atoms with Gasteiger partial charge in [-0.1, -0.05) is 30.3 Å². The van der Waals surface area contributed by atoms with Crippen molar-refractivity contribution >= 4 is 6.29 Å². The molecule has 104 valence electrons. The highest BCUT2D eigenvalue weighted by Gasteiger charge is 2.15. The fourth-order valence-electron chi connectivity index (χ4n) is 1.91. The van der Waals surface area contributed by atoms with Crippen LogP contribution in [-0.2, 0) is 6.61 Å². The molecule has 0 heterocycles. The Bertz CT molecular complexity index is 579. The first-order chi connectivity index (χ1) is 9.80. The van der Waals surface area contributed by atoms with Crippen LogP contribution in [0.3, 0.4) is 0 Å². The lowest BCUT2D eigenvalue weighted by atomic mass is 10.1. The third-order valence-electron chi connectivity index (χ3n) is 2.90. The molecule has 2 rings (SSSR count). The Hall–Kier alpha value is -2.49. The summed E-state index contributed by atoms with van der Waals surface area (Å²) in [5, 5.41) is 0. The van der Waals surface area contributed by atoms with Crippen molar-refractivity contribution in [2.45, 2.75) is 6.61 Å². The van der Waals surface area contributed by atoms with Crippen molar-refractivity contribution < 1.29 is 19.0 Å².